The van der Waals surface area contributed by atoms with E-state index in [9.17, 15) is 0 Å². The number of thioether (sulfide) groups is 1. The maximum atomic E-state index is 4.90. The highest BCUT2D eigenvalue weighted by molar-refractivity contribution is 8.13. The molecule has 0 saturated heterocycles. The van der Waals surface area contributed by atoms with Crippen molar-refractivity contribution in [3.8, 4) is 0 Å². The molecule has 2 atom stereocenters. The van der Waals surface area contributed by atoms with Gasteiger partial charge in [0.25, 0.3) is 0 Å². The van der Waals surface area contributed by atoms with Gasteiger partial charge in [-0.3, -0.25) is 4.99 Å². The minimum Gasteiger partial charge on any atom is -0.362 e. The Labute approximate surface area is 126 Å². The summed E-state index contributed by atoms with van der Waals surface area (Å²) in [5.41, 5.74) is 3.04. The van der Waals surface area contributed by atoms with Crippen LogP contribution in [0.1, 0.15) is 37.8 Å². The Bertz CT molecular complexity index is 496. The molecule has 20 heavy (non-hydrogen) atoms. The fourth-order valence-electron chi connectivity index (χ4n) is 3.09. The third-order valence-electron chi connectivity index (χ3n) is 4.38. The Balaban J connectivity index is 1.65. The van der Waals surface area contributed by atoms with Crippen LogP contribution in [0.4, 0.5) is 0 Å². The Morgan fingerprint density at radius 1 is 1.20 bits per heavy atom. The van der Waals surface area contributed by atoms with E-state index in [-0.39, 0.29) is 0 Å². The molecule has 2 aliphatic rings. The number of benzene rings is 1. The van der Waals surface area contributed by atoms with Crippen molar-refractivity contribution in [1.82, 2.24) is 5.32 Å². The second-order valence-electron chi connectivity index (χ2n) is 6.24. The summed E-state index contributed by atoms with van der Waals surface area (Å²) in [5.74, 6) is 1.86. The van der Waals surface area contributed by atoms with Crippen LogP contribution in [0, 0.1) is 5.92 Å². The molecule has 2 unspecified atom stereocenters. The van der Waals surface area contributed by atoms with Gasteiger partial charge in [0.05, 0.1) is 6.04 Å². The van der Waals surface area contributed by atoms with Gasteiger partial charge >= 0.3 is 0 Å². The summed E-state index contributed by atoms with van der Waals surface area (Å²) in [5, 5.41) is 4.88. The molecule has 0 spiro atoms. The van der Waals surface area contributed by atoms with E-state index in [4.69, 9.17) is 4.99 Å². The first kappa shape index (κ1) is 14.0. The molecule has 0 fully saturated rings. The number of nitrogens with one attached hydrogen (secondary N) is 1. The molecule has 0 amide bonds. The number of aliphatic imine (C=N–C) groups is 1. The summed E-state index contributed by atoms with van der Waals surface area (Å²) < 4.78 is 0. The topological polar surface area (TPSA) is 24.4 Å². The van der Waals surface area contributed by atoms with Crippen molar-refractivity contribution < 1.29 is 0 Å². The molecule has 3 rings (SSSR count). The largest absolute Gasteiger partial charge is 0.362 e. The molecule has 1 aromatic rings. The Kier molecular flexibility index (Phi) is 4.35. The van der Waals surface area contributed by atoms with Crippen LogP contribution in [0.5, 0.6) is 0 Å². The number of fused-ring (bicyclic) bond motifs is 1. The molecule has 1 heterocycles. The first-order valence-corrected chi connectivity index (χ1v) is 8.75. The third kappa shape index (κ3) is 3.20. The molecular formula is C17H24N2S. The fraction of sp³-hybridized carbons (Fsp3) is 0.588. The van der Waals surface area contributed by atoms with Crippen LogP contribution in [0.25, 0.3) is 0 Å². The Morgan fingerprint density at radius 2 is 2.00 bits per heavy atom. The number of amidine groups is 1. The Hall–Kier alpha value is -0.960. The summed E-state index contributed by atoms with van der Waals surface area (Å²) in [6.07, 6.45) is 4.78. The van der Waals surface area contributed by atoms with Gasteiger partial charge in [-0.25, -0.2) is 0 Å². The summed E-state index contributed by atoms with van der Waals surface area (Å²) in [6.45, 7) is 4.55. The van der Waals surface area contributed by atoms with Crippen LogP contribution >= 0.6 is 11.8 Å². The van der Waals surface area contributed by atoms with Crippen molar-refractivity contribution in [2.45, 2.75) is 51.6 Å². The van der Waals surface area contributed by atoms with Crippen molar-refractivity contribution in [3.05, 3.63) is 35.4 Å². The predicted octanol–water partition coefficient (Wildman–Crippen LogP) is 3.65. The monoisotopic (exact) mass is 288 g/mol. The Morgan fingerprint density at radius 3 is 2.80 bits per heavy atom. The van der Waals surface area contributed by atoms with Crippen molar-refractivity contribution in [1.29, 1.82) is 0 Å². The lowest BCUT2D eigenvalue weighted by atomic mass is 9.88. The summed E-state index contributed by atoms with van der Waals surface area (Å²) in [7, 11) is 0. The van der Waals surface area contributed by atoms with Gasteiger partial charge in [-0.2, -0.15) is 0 Å². The van der Waals surface area contributed by atoms with Crippen molar-refractivity contribution >= 4 is 16.9 Å². The van der Waals surface area contributed by atoms with Gasteiger partial charge in [0.15, 0.2) is 5.17 Å². The van der Waals surface area contributed by atoms with Gasteiger partial charge in [-0.15, -0.1) is 0 Å². The summed E-state index contributed by atoms with van der Waals surface area (Å²) in [6, 6.07) is 9.92. The number of hydrogen-bond donors (Lipinski definition) is 1. The second-order valence-corrected chi connectivity index (χ2v) is 7.32. The van der Waals surface area contributed by atoms with Crippen molar-refractivity contribution in [2.75, 3.05) is 5.75 Å². The van der Waals surface area contributed by atoms with Crippen LogP contribution in [0.15, 0.2) is 29.3 Å². The van der Waals surface area contributed by atoms with Crippen LogP contribution in [0.3, 0.4) is 0 Å². The standard InChI is InChI=1S/C17H24N2S/c1-12(2)16-9-10-20-17(19-16)18-15-8-7-13-5-3-4-6-14(13)11-15/h3-6,12,15-16H,7-11H2,1-2H3,(H,18,19). The summed E-state index contributed by atoms with van der Waals surface area (Å²) in [4.78, 5) is 4.90. The van der Waals surface area contributed by atoms with Crippen LogP contribution in [0.2, 0.25) is 0 Å². The van der Waals surface area contributed by atoms with Crippen molar-refractivity contribution in [3.63, 3.8) is 0 Å². The van der Waals surface area contributed by atoms with E-state index >= 15 is 0 Å². The molecular weight excluding hydrogens is 264 g/mol. The molecule has 1 N–H and O–H groups in total. The number of rotatable bonds is 2. The number of nitrogens with zero attached hydrogens (tertiary/aromatic N) is 1. The minimum absolute atomic E-state index is 0.509. The minimum atomic E-state index is 0.509. The lowest BCUT2D eigenvalue weighted by molar-refractivity contribution is 0.476. The smallest absolute Gasteiger partial charge is 0.157 e. The van der Waals surface area contributed by atoms with Crippen LogP contribution in [-0.2, 0) is 12.8 Å². The molecule has 0 aromatic heterocycles. The van der Waals surface area contributed by atoms with Gasteiger partial charge in [-0.05, 0) is 42.7 Å². The highest BCUT2D eigenvalue weighted by Crippen LogP contribution is 2.25. The molecule has 1 aliphatic carbocycles. The third-order valence-corrected chi connectivity index (χ3v) is 5.32. The fourth-order valence-corrected chi connectivity index (χ4v) is 4.10. The van der Waals surface area contributed by atoms with Gasteiger partial charge in [0, 0.05) is 11.8 Å². The van der Waals surface area contributed by atoms with E-state index in [0.29, 0.717) is 18.0 Å². The van der Waals surface area contributed by atoms with Crippen LogP contribution in [-0.4, -0.2) is 23.0 Å². The van der Waals surface area contributed by atoms with Gasteiger partial charge in [0.1, 0.15) is 0 Å². The van der Waals surface area contributed by atoms with E-state index in [0.717, 1.165) is 6.42 Å². The van der Waals surface area contributed by atoms with Gasteiger partial charge < -0.3 is 5.32 Å². The highest BCUT2D eigenvalue weighted by Gasteiger charge is 2.23. The normalized spacial score (nSPS) is 26.1. The lowest BCUT2D eigenvalue weighted by Crippen LogP contribution is -2.39. The first-order chi connectivity index (χ1) is 9.72. The van der Waals surface area contributed by atoms with E-state index in [1.807, 2.05) is 11.8 Å². The van der Waals surface area contributed by atoms with Crippen LogP contribution < -0.4 is 5.32 Å². The molecule has 0 radical (unpaired) electrons. The first-order valence-electron chi connectivity index (χ1n) is 7.76. The molecule has 1 aliphatic heterocycles. The number of aryl methyl sites for hydroxylation is 1. The maximum absolute atomic E-state index is 4.90. The van der Waals surface area contributed by atoms with Crippen molar-refractivity contribution in [2.24, 2.45) is 10.9 Å². The predicted molar refractivity (Wildman–Crippen MR) is 88.5 cm³/mol. The van der Waals surface area contributed by atoms with Gasteiger partial charge in [-0.1, -0.05) is 49.9 Å². The average Bonchev–Trinajstić information content (AvgIpc) is 2.47. The molecule has 3 heteroatoms. The van der Waals surface area contributed by atoms with E-state index in [2.05, 4.69) is 43.4 Å². The molecule has 1 aromatic carbocycles. The van der Waals surface area contributed by atoms with E-state index < -0.39 is 0 Å². The lowest BCUT2D eigenvalue weighted by Gasteiger charge is -2.29. The molecule has 2 nitrogen and oxygen atoms in total. The molecule has 0 bridgehead atoms. The highest BCUT2D eigenvalue weighted by atomic mass is 32.2. The zero-order valence-electron chi connectivity index (χ0n) is 12.4. The number of hydrogen-bond acceptors (Lipinski definition) is 3. The summed E-state index contributed by atoms with van der Waals surface area (Å²) >= 11 is 1.90. The molecule has 108 valence electrons. The van der Waals surface area contributed by atoms with E-state index in [1.165, 1.54) is 41.3 Å². The zero-order valence-corrected chi connectivity index (χ0v) is 13.2. The maximum Gasteiger partial charge on any atom is 0.157 e. The average molecular weight is 288 g/mol. The van der Waals surface area contributed by atoms with Gasteiger partial charge in [0.2, 0.25) is 0 Å². The zero-order chi connectivity index (χ0) is 13.9. The quantitative estimate of drug-likeness (QED) is 0.898. The molecule has 0 saturated carbocycles. The second kappa shape index (κ2) is 6.21. The van der Waals surface area contributed by atoms with E-state index in [1.54, 1.807) is 0 Å². The SMILES string of the molecule is CC(C)C1CCSC(NC2CCc3ccccc3C2)=N1.